The molecule has 2 aromatic heterocycles. The van der Waals surface area contributed by atoms with Crippen LogP contribution in [0, 0.1) is 6.92 Å². The first-order chi connectivity index (χ1) is 8.28. The topological polar surface area (TPSA) is 38.0 Å². The Kier molecular flexibility index (Phi) is 2.76. The first-order valence-electron chi connectivity index (χ1n) is 6.02. The van der Waals surface area contributed by atoms with E-state index < -0.39 is 0 Å². The van der Waals surface area contributed by atoms with E-state index in [9.17, 15) is 5.11 Å². The quantitative estimate of drug-likeness (QED) is 0.887. The van der Waals surface area contributed by atoms with Gasteiger partial charge in [-0.05, 0) is 31.9 Å². The smallest absolute Gasteiger partial charge is 0.114 e. The fraction of sp³-hybridized carbons (Fsp3) is 0.462. The molecule has 3 heterocycles. The van der Waals surface area contributed by atoms with Crippen molar-refractivity contribution in [3.63, 3.8) is 0 Å². The summed E-state index contributed by atoms with van der Waals surface area (Å²) < 4.78 is 2.20. The van der Waals surface area contributed by atoms with Crippen LogP contribution in [0.2, 0.25) is 0 Å². The lowest BCUT2D eigenvalue weighted by molar-refractivity contribution is 0.238. The van der Waals surface area contributed by atoms with Crippen molar-refractivity contribution in [2.45, 2.75) is 32.2 Å². The van der Waals surface area contributed by atoms with Crippen molar-refractivity contribution in [1.29, 1.82) is 0 Å². The summed E-state index contributed by atoms with van der Waals surface area (Å²) in [5, 5.41) is 9.37. The molecule has 0 aliphatic carbocycles. The second-order valence-corrected chi connectivity index (χ2v) is 5.90. The Bertz CT molecular complexity index is 529. The number of aliphatic hydroxyl groups is 1. The second kappa shape index (κ2) is 4.27. The Morgan fingerprint density at radius 2 is 2.41 bits per heavy atom. The highest BCUT2D eigenvalue weighted by Crippen LogP contribution is 2.32. The van der Waals surface area contributed by atoms with E-state index in [1.807, 2.05) is 0 Å². The average Bonchev–Trinajstić information content (AvgIpc) is 2.93. The number of hydrogen-bond donors (Lipinski definition) is 1. The molecule has 0 radical (unpaired) electrons. The van der Waals surface area contributed by atoms with Gasteiger partial charge < -0.3 is 9.67 Å². The third-order valence-corrected chi connectivity index (χ3v) is 4.36. The van der Waals surface area contributed by atoms with Crippen LogP contribution in [0.5, 0.6) is 0 Å². The van der Waals surface area contributed by atoms with Gasteiger partial charge in [-0.2, -0.15) is 0 Å². The van der Waals surface area contributed by atoms with Crippen molar-refractivity contribution in [3.05, 3.63) is 29.0 Å². The molecule has 1 unspecified atom stereocenters. The standard InChI is InChI=1S/C13H16N2OS/c1-9-4-5-12(17-9)11-7-15-6-2-3-10(8-16)13(15)14-11/h4-5,7,10,16H,2-3,6,8H2,1H3. The van der Waals surface area contributed by atoms with Gasteiger partial charge in [0.25, 0.3) is 0 Å². The van der Waals surface area contributed by atoms with E-state index in [1.54, 1.807) is 11.3 Å². The minimum Gasteiger partial charge on any atom is -0.396 e. The zero-order chi connectivity index (χ0) is 11.8. The van der Waals surface area contributed by atoms with Gasteiger partial charge >= 0.3 is 0 Å². The van der Waals surface area contributed by atoms with Gasteiger partial charge in [0.1, 0.15) is 5.82 Å². The first kappa shape index (κ1) is 11.0. The highest BCUT2D eigenvalue weighted by Gasteiger charge is 2.22. The van der Waals surface area contributed by atoms with Gasteiger partial charge in [-0.25, -0.2) is 4.98 Å². The third-order valence-electron chi connectivity index (χ3n) is 3.34. The van der Waals surface area contributed by atoms with Crippen LogP contribution in [0.25, 0.3) is 10.6 Å². The normalized spacial score (nSPS) is 19.3. The molecule has 1 aliphatic rings. The Labute approximate surface area is 105 Å². The lowest BCUT2D eigenvalue weighted by Gasteiger charge is -2.21. The fourth-order valence-electron chi connectivity index (χ4n) is 2.44. The van der Waals surface area contributed by atoms with Crippen LogP contribution in [0.4, 0.5) is 0 Å². The number of aryl methyl sites for hydroxylation is 2. The molecule has 3 nitrogen and oxygen atoms in total. The van der Waals surface area contributed by atoms with Gasteiger partial charge in [0.15, 0.2) is 0 Å². The van der Waals surface area contributed by atoms with Crippen LogP contribution in [0.3, 0.4) is 0 Å². The zero-order valence-electron chi connectivity index (χ0n) is 9.89. The number of rotatable bonds is 2. The largest absolute Gasteiger partial charge is 0.396 e. The molecule has 1 aliphatic heterocycles. The second-order valence-electron chi connectivity index (χ2n) is 4.61. The Balaban J connectivity index is 2.01. The number of fused-ring (bicyclic) bond motifs is 1. The highest BCUT2D eigenvalue weighted by molar-refractivity contribution is 7.15. The summed E-state index contributed by atoms with van der Waals surface area (Å²) in [6.07, 6.45) is 4.32. The van der Waals surface area contributed by atoms with E-state index in [2.05, 4.69) is 29.8 Å². The summed E-state index contributed by atoms with van der Waals surface area (Å²) in [4.78, 5) is 7.23. The molecule has 0 saturated heterocycles. The Morgan fingerprint density at radius 1 is 1.53 bits per heavy atom. The van der Waals surface area contributed by atoms with Crippen LogP contribution < -0.4 is 0 Å². The molecule has 4 heteroatoms. The fourth-order valence-corrected chi connectivity index (χ4v) is 3.26. The predicted molar refractivity (Wildman–Crippen MR) is 69.3 cm³/mol. The van der Waals surface area contributed by atoms with E-state index in [4.69, 9.17) is 4.98 Å². The Hall–Kier alpha value is -1.13. The molecule has 0 bridgehead atoms. The maximum atomic E-state index is 9.37. The lowest BCUT2D eigenvalue weighted by Crippen LogP contribution is -2.18. The van der Waals surface area contributed by atoms with E-state index in [0.717, 1.165) is 30.9 Å². The van der Waals surface area contributed by atoms with E-state index in [-0.39, 0.29) is 12.5 Å². The van der Waals surface area contributed by atoms with Gasteiger partial charge in [0, 0.05) is 23.5 Å². The van der Waals surface area contributed by atoms with Crippen LogP contribution in [-0.2, 0) is 6.54 Å². The van der Waals surface area contributed by atoms with E-state index in [1.165, 1.54) is 9.75 Å². The third kappa shape index (κ3) is 1.91. The molecule has 3 rings (SSSR count). The average molecular weight is 248 g/mol. The number of aliphatic hydroxyl groups excluding tert-OH is 1. The van der Waals surface area contributed by atoms with Gasteiger partial charge in [-0.3, -0.25) is 0 Å². The number of aromatic nitrogens is 2. The summed E-state index contributed by atoms with van der Waals surface area (Å²) in [7, 11) is 0. The summed E-state index contributed by atoms with van der Waals surface area (Å²) in [6, 6.07) is 4.25. The minimum atomic E-state index is 0.208. The van der Waals surface area contributed by atoms with E-state index >= 15 is 0 Å². The lowest BCUT2D eigenvalue weighted by atomic mass is 10.0. The van der Waals surface area contributed by atoms with Crippen molar-refractivity contribution >= 4 is 11.3 Å². The van der Waals surface area contributed by atoms with Gasteiger partial charge in [0.2, 0.25) is 0 Å². The molecule has 0 amide bonds. The summed E-state index contributed by atoms with van der Waals surface area (Å²) in [5.74, 6) is 1.28. The van der Waals surface area contributed by atoms with Crippen molar-refractivity contribution in [1.82, 2.24) is 9.55 Å². The molecular weight excluding hydrogens is 232 g/mol. The molecule has 0 fully saturated rings. The summed E-state index contributed by atoms with van der Waals surface area (Å²) in [5.41, 5.74) is 1.05. The molecule has 0 spiro atoms. The van der Waals surface area contributed by atoms with Gasteiger partial charge in [-0.15, -0.1) is 11.3 Å². The van der Waals surface area contributed by atoms with Crippen molar-refractivity contribution in [3.8, 4) is 10.6 Å². The van der Waals surface area contributed by atoms with Gasteiger partial charge in [-0.1, -0.05) is 0 Å². The predicted octanol–water partition coefficient (Wildman–Crippen LogP) is 2.79. The molecule has 90 valence electrons. The first-order valence-corrected chi connectivity index (χ1v) is 6.84. The number of nitrogens with zero attached hydrogens (tertiary/aromatic N) is 2. The molecule has 0 saturated carbocycles. The molecule has 1 atom stereocenters. The van der Waals surface area contributed by atoms with Gasteiger partial charge in [0.05, 0.1) is 17.2 Å². The number of imidazole rings is 1. The van der Waals surface area contributed by atoms with Crippen molar-refractivity contribution < 1.29 is 5.11 Å². The summed E-state index contributed by atoms with van der Waals surface area (Å²) in [6.45, 7) is 3.35. The summed E-state index contributed by atoms with van der Waals surface area (Å²) >= 11 is 1.77. The maximum Gasteiger partial charge on any atom is 0.114 e. The van der Waals surface area contributed by atoms with Crippen LogP contribution >= 0.6 is 11.3 Å². The highest BCUT2D eigenvalue weighted by atomic mass is 32.1. The monoisotopic (exact) mass is 248 g/mol. The van der Waals surface area contributed by atoms with Crippen LogP contribution in [-0.4, -0.2) is 21.3 Å². The maximum absolute atomic E-state index is 9.37. The minimum absolute atomic E-state index is 0.208. The molecular formula is C13H16N2OS. The van der Waals surface area contributed by atoms with Crippen LogP contribution in [0.1, 0.15) is 29.5 Å². The number of thiophene rings is 1. The molecule has 17 heavy (non-hydrogen) atoms. The molecule has 2 aromatic rings. The number of hydrogen-bond acceptors (Lipinski definition) is 3. The van der Waals surface area contributed by atoms with Crippen molar-refractivity contribution in [2.75, 3.05) is 6.61 Å². The SMILES string of the molecule is Cc1ccc(-c2cn3c(n2)C(CO)CCC3)s1. The van der Waals surface area contributed by atoms with E-state index in [0.29, 0.717) is 0 Å². The molecule has 0 aromatic carbocycles. The Morgan fingerprint density at radius 3 is 3.12 bits per heavy atom. The van der Waals surface area contributed by atoms with Crippen molar-refractivity contribution in [2.24, 2.45) is 0 Å². The molecule has 1 N–H and O–H groups in total. The zero-order valence-corrected chi connectivity index (χ0v) is 10.7. The van der Waals surface area contributed by atoms with Crippen LogP contribution in [0.15, 0.2) is 18.3 Å².